The van der Waals surface area contributed by atoms with Crippen molar-refractivity contribution >= 4 is 32.0 Å². The molecule has 1 aliphatic rings. The molecule has 0 atom stereocenters. The predicted octanol–water partition coefficient (Wildman–Crippen LogP) is 2.14. The van der Waals surface area contributed by atoms with Crippen molar-refractivity contribution < 1.29 is 12.6 Å². The maximum absolute atomic E-state index is 12.6. The van der Waals surface area contributed by atoms with E-state index in [9.17, 15) is 13.2 Å². The average Bonchev–Trinajstić information content (AvgIpc) is 2.52. The Morgan fingerprint density at radius 2 is 1.79 bits per heavy atom. The van der Waals surface area contributed by atoms with Crippen LogP contribution in [0.5, 0.6) is 5.75 Å². The maximum Gasteiger partial charge on any atom is 0.380 e. The van der Waals surface area contributed by atoms with Crippen LogP contribution in [0.3, 0.4) is 0 Å². The van der Waals surface area contributed by atoms with E-state index in [-0.39, 0.29) is 11.3 Å². The Morgan fingerprint density at radius 3 is 2.58 bits per heavy atom. The first-order valence-electron chi connectivity index (χ1n) is 7.75. The molecular formula is C17H16N2O4S. The molecule has 1 aromatic heterocycles. The second kappa shape index (κ2) is 5.32. The molecule has 0 bridgehead atoms. The Bertz CT molecular complexity index is 1130. The highest BCUT2D eigenvalue weighted by Gasteiger charge is 2.17. The zero-order chi connectivity index (χ0) is 16.9. The summed E-state index contributed by atoms with van der Waals surface area (Å²) in [7, 11) is -4.10. The molecule has 1 heterocycles. The molecule has 24 heavy (non-hydrogen) atoms. The Balaban J connectivity index is 2.00. The molecule has 4 rings (SSSR count). The van der Waals surface area contributed by atoms with Crippen LogP contribution in [0, 0.1) is 0 Å². The van der Waals surface area contributed by atoms with E-state index >= 15 is 0 Å². The van der Waals surface area contributed by atoms with E-state index < -0.39 is 10.3 Å². The zero-order valence-corrected chi connectivity index (χ0v) is 13.7. The molecule has 0 aliphatic heterocycles. The third-order valence-electron chi connectivity index (χ3n) is 4.50. The quantitative estimate of drug-likeness (QED) is 0.695. The van der Waals surface area contributed by atoms with E-state index in [1.807, 2.05) is 6.07 Å². The molecule has 0 radical (unpaired) electrons. The minimum atomic E-state index is -4.10. The molecule has 1 aliphatic carbocycles. The maximum atomic E-state index is 12.6. The van der Waals surface area contributed by atoms with Crippen molar-refractivity contribution in [2.24, 2.45) is 5.14 Å². The first kappa shape index (κ1) is 15.2. The van der Waals surface area contributed by atoms with Crippen LogP contribution in [0.25, 0.3) is 21.7 Å². The van der Waals surface area contributed by atoms with Gasteiger partial charge < -0.3 is 9.17 Å². The largest absolute Gasteiger partial charge is 0.380 e. The van der Waals surface area contributed by atoms with Crippen LogP contribution in [-0.4, -0.2) is 13.4 Å². The lowest BCUT2D eigenvalue weighted by Gasteiger charge is -2.18. The number of benzene rings is 2. The molecule has 0 amide bonds. The van der Waals surface area contributed by atoms with Gasteiger partial charge in [0.2, 0.25) is 0 Å². The Labute approximate surface area is 138 Å². The lowest BCUT2D eigenvalue weighted by atomic mass is 9.87. The normalized spacial score (nSPS) is 14.7. The Kier molecular flexibility index (Phi) is 3.36. The van der Waals surface area contributed by atoms with Gasteiger partial charge in [-0.3, -0.25) is 4.79 Å². The first-order chi connectivity index (χ1) is 11.4. The Morgan fingerprint density at radius 1 is 1.04 bits per heavy atom. The fraction of sp³-hybridized carbons (Fsp3) is 0.235. The second-order valence-electron chi connectivity index (χ2n) is 6.07. The van der Waals surface area contributed by atoms with Crippen LogP contribution in [0.15, 0.2) is 35.1 Å². The van der Waals surface area contributed by atoms with Crippen LogP contribution in [0.4, 0.5) is 0 Å². The van der Waals surface area contributed by atoms with E-state index in [4.69, 9.17) is 5.14 Å². The molecule has 7 heteroatoms. The van der Waals surface area contributed by atoms with Gasteiger partial charge in [-0.1, -0.05) is 12.1 Å². The summed E-state index contributed by atoms with van der Waals surface area (Å²) in [6, 6.07) is 8.80. The number of H-pyrrole nitrogens is 1. The molecule has 3 N–H and O–H groups in total. The van der Waals surface area contributed by atoms with Crippen molar-refractivity contribution in [1.29, 1.82) is 0 Å². The van der Waals surface area contributed by atoms with Gasteiger partial charge in [0.15, 0.2) is 0 Å². The minimum Gasteiger partial charge on any atom is -0.371 e. The molecule has 0 spiro atoms. The van der Waals surface area contributed by atoms with Crippen molar-refractivity contribution in [2.75, 3.05) is 0 Å². The van der Waals surface area contributed by atoms with Gasteiger partial charge in [-0.2, -0.15) is 13.6 Å². The standard InChI is InChI=1S/C17H16N2O4S/c18-24(21,22)23-11-6-8-13-14-7-5-10-3-1-2-4-12(10)16(14)17(20)19-15(13)9-11/h5-9H,1-4H2,(H,19,20)(H2,18,21,22). The SMILES string of the molecule is NS(=O)(=O)Oc1ccc2c(c1)[nH]c(=O)c1c3c(ccc12)CCCC3. The predicted molar refractivity (Wildman–Crippen MR) is 92.5 cm³/mol. The molecular weight excluding hydrogens is 328 g/mol. The lowest BCUT2D eigenvalue weighted by molar-refractivity contribution is 0.488. The van der Waals surface area contributed by atoms with Crippen molar-refractivity contribution in [2.45, 2.75) is 25.7 Å². The van der Waals surface area contributed by atoms with Gasteiger partial charge in [-0.05, 0) is 54.3 Å². The number of fused-ring (bicyclic) bond motifs is 5. The van der Waals surface area contributed by atoms with Gasteiger partial charge in [-0.15, -0.1) is 0 Å². The number of aromatic amines is 1. The summed E-state index contributed by atoms with van der Waals surface area (Å²) in [5.41, 5.74) is 2.73. The number of pyridine rings is 1. The van der Waals surface area contributed by atoms with E-state index in [0.29, 0.717) is 5.52 Å². The molecule has 0 fully saturated rings. The number of aromatic nitrogens is 1. The number of hydrogen-bond donors (Lipinski definition) is 2. The van der Waals surface area contributed by atoms with Crippen LogP contribution in [-0.2, 0) is 23.1 Å². The first-order valence-corrected chi connectivity index (χ1v) is 9.22. The Hall–Kier alpha value is -2.38. The highest BCUT2D eigenvalue weighted by Crippen LogP contribution is 2.31. The number of nitrogens with one attached hydrogen (secondary N) is 1. The van der Waals surface area contributed by atoms with E-state index in [0.717, 1.165) is 47.4 Å². The summed E-state index contributed by atoms with van der Waals surface area (Å²) in [6.45, 7) is 0. The van der Waals surface area contributed by atoms with Crippen LogP contribution in [0.2, 0.25) is 0 Å². The molecule has 124 valence electrons. The summed E-state index contributed by atoms with van der Waals surface area (Å²) in [5.74, 6) is 0.0676. The van der Waals surface area contributed by atoms with Gasteiger partial charge in [0.1, 0.15) is 5.75 Å². The molecule has 0 unspecified atom stereocenters. The highest BCUT2D eigenvalue weighted by atomic mass is 32.2. The van der Waals surface area contributed by atoms with Crippen LogP contribution >= 0.6 is 0 Å². The molecule has 2 aromatic carbocycles. The monoisotopic (exact) mass is 344 g/mol. The zero-order valence-electron chi connectivity index (χ0n) is 12.8. The number of hydrogen-bond acceptors (Lipinski definition) is 4. The fourth-order valence-electron chi connectivity index (χ4n) is 3.54. The van der Waals surface area contributed by atoms with E-state index in [1.165, 1.54) is 17.7 Å². The minimum absolute atomic E-state index is 0.0676. The highest BCUT2D eigenvalue weighted by molar-refractivity contribution is 7.84. The summed E-state index contributed by atoms with van der Waals surface area (Å²) in [4.78, 5) is 15.5. The molecule has 3 aromatic rings. The van der Waals surface area contributed by atoms with Gasteiger partial charge in [-0.25, -0.2) is 0 Å². The van der Waals surface area contributed by atoms with Crippen molar-refractivity contribution in [3.8, 4) is 5.75 Å². The summed E-state index contributed by atoms with van der Waals surface area (Å²) < 4.78 is 26.8. The van der Waals surface area contributed by atoms with Gasteiger partial charge >= 0.3 is 10.3 Å². The average molecular weight is 344 g/mol. The van der Waals surface area contributed by atoms with Crippen LogP contribution < -0.4 is 14.9 Å². The van der Waals surface area contributed by atoms with Gasteiger partial charge in [0.05, 0.1) is 10.9 Å². The third-order valence-corrected chi connectivity index (χ3v) is 4.93. The van der Waals surface area contributed by atoms with E-state index in [2.05, 4.69) is 15.2 Å². The van der Waals surface area contributed by atoms with Crippen molar-refractivity contribution in [3.63, 3.8) is 0 Å². The molecule has 0 saturated carbocycles. The van der Waals surface area contributed by atoms with Gasteiger partial charge in [0, 0.05) is 11.5 Å². The lowest BCUT2D eigenvalue weighted by Crippen LogP contribution is -2.19. The van der Waals surface area contributed by atoms with E-state index in [1.54, 1.807) is 6.07 Å². The molecule has 6 nitrogen and oxygen atoms in total. The van der Waals surface area contributed by atoms with Crippen molar-refractivity contribution in [1.82, 2.24) is 4.98 Å². The summed E-state index contributed by atoms with van der Waals surface area (Å²) >= 11 is 0. The number of aryl methyl sites for hydroxylation is 2. The van der Waals surface area contributed by atoms with Gasteiger partial charge in [0.25, 0.3) is 5.56 Å². The molecule has 0 saturated heterocycles. The smallest absolute Gasteiger partial charge is 0.371 e. The summed E-state index contributed by atoms with van der Waals surface area (Å²) in [6.07, 6.45) is 4.15. The van der Waals surface area contributed by atoms with Crippen LogP contribution in [0.1, 0.15) is 24.0 Å². The third kappa shape index (κ3) is 2.55. The number of nitrogens with two attached hydrogens (primary N) is 1. The topological polar surface area (TPSA) is 102 Å². The fourth-order valence-corrected chi connectivity index (χ4v) is 3.92. The summed E-state index contributed by atoms with van der Waals surface area (Å²) in [5, 5.41) is 7.34. The van der Waals surface area contributed by atoms with Crippen molar-refractivity contribution in [3.05, 3.63) is 51.8 Å². The second-order valence-corrected chi connectivity index (χ2v) is 7.22. The number of rotatable bonds is 2.